The van der Waals surface area contributed by atoms with Crippen LogP contribution in [0.5, 0.6) is 5.75 Å². The van der Waals surface area contributed by atoms with Crippen molar-refractivity contribution in [1.82, 2.24) is 0 Å². The van der Waals surface area contributed by atoms with Crippen LogP contribution in [0.25, 0.3) is 12.2 Å². The van der Waals surface area contributed by atoms with Gasteiger partial charge in [0.15, 0.2) is 0 Å². The van der Waals surface area contributed by atoms with Gasteiger partial charge in [-0.3, -0.25) is 0 Å². The van der Waals surface area contributed by atoms with Gasteiger partial charge in [0.25, 0.3) is 0 Å². The van der Waals surface area contributed by atoms with Crippen LogP contribution in [0.3, 0.4) is 0 Å². The zero-order chi connectivity index (χ0) is 20.5. The predicted molar refractivity (Wildman–Crippen MR) is 99.5 cm³/mol. The Morgan fingerprint density at radius 3 is 2.36 bits per heavy atom. The van der Waals surface area contributed by atoms with Crippen molar-refractivity contribution >= 4 is 18.2 Å². The van der Waals surface area contributed by atoms with E-state index in [4.69, 9.17) is 15.2 Å². The number of benzene rings is 2. The number of fused-ring (bicyclic) bond motifs is 1. The summed E-state index contributed by atoms with van der Waals surface area (Å²) in [6.07, 6.45) is -2.24. The van der Waals surface area contributed by atoms with Crippen LogP contribution < -0.4 is 10.5 Å². The summed E-state index contributed by atoms with van der Waals surface area (Å²) < 4.78 is 49.0. The van der Waals surface area contributed by atoms with E-state index in [2.05, 4.69) is 0 Å². The largest absolute Gasteiger partial charge is 0.492 e. The van der Waals surface area contributed by atoms with E-state index in [0.717, 1.165) is 23.3 Å². The number of alkyl halides is 3. The van der Waals surface area contributed by atoms with Crippen LogP contribution in [0, 0.1) is 5.41 Å². The minimum absolute atomic E-state index is 0.351. The van der Waals surface area contributed by atoms with Crippen molar-refractivity contribution in [2.75, 3.05) is 6.61 Å². The quantitative estimate of drug-likeness (QED) is 0.710. The Morgan fingerprint density at radius 2 is 1.75 bits per heavy atom. The van der Waals surface area contributed by atoms with Crippen molar-refractivity contribution in [2.24, 2.45) is 11.1 Å². The number of amides is 1. The smallest absolute Gasteiger partial charge is 0.416 e. The lowest BCUT2D eigenvalue weighted by Crippen LogP contribution is -2.37. The molecule has 0 fully saturated rings. The summed E-state index contributed by atoms with van der Waals surface area (Å²) in [5, 5.41) is 0. The molecular formula is C21H20F3NO3. The highest BCUT2D eigenvalue weighted by Crippen LogP contribution is 2.45. The first kappa shape index (κ1) is 19.8. The van der Waals surface area contributed by atoms with Crippen LogP contribution in [-0.2, 0) is 10.9 Å². The third-order valence-electron chi connectivity index (χ3n) is 4.57. The lowest BCUT2D eigenvalue weighted by atomic mass is 9.81. The molecular weight excluding hydrogens is 371 g/mol. The second kappa shape index (κ2) is 7.22. The Balaban J connectivity index is 1.82. The third kappa shape index (κ3) is 4.30. The Kier molecular flexibility index (Phi) is 5.10. The number of halogens is 3. The van der Waals surface area contributed by atoms with E-state index in [0.29, 0.717) is 17.9 Å². The maximum Gasteiger partial charge on any atom is 0.416 e. The highest BCUT2D eigenvalue weighted by Gasteiger charge is 2.40. The van der Waals surface area contributed by atoms with E-state index in [9.17, 15) is 18.0 Å². The number of carbonyl (C=O) groups is 1. The highest BCUT2D eigenvalue weighted by atomic mass is 19.4. The molecule has 2 N–H and O–H groups in total. The normalized spacial score (nSPS) is 18.4. The van der Waals surface area contributed by atoms with Crippen LogP contribution in [0.15, 0.2) is 42.5 Å². The van der Waals surface area contributed by atoms with Crippen LogP contribution in [0.2, 0.25) is 0 Å². The first-order valence-corrected chi connectivity index (χ1v) is 8.64. The van der Waals surface area contributed by atoms with Gasteiger partial charge in [-0.1, -0.05) is 50.3 Å². The number of primary amides is 1. The topological polar surface area (TPSA) is 61.6 Å². The van der Waals surface area contributed by atoms with Crippen molar-refractivity contribution in [3.05, 3.63) is 64.7 Å². The molecule has 1 aliphatic heterocycles. The molecule has 1 unspecified atom stereocenters. The lowest BCUT2D eigenvalue weighted by molar-refractivity contribution is -0.137. The molecule has 148 valence electrons. The molecule has 1 atom stereocenters. The fourth-order valence-corrected chi connectivity index (χ4v) is 3.07. The van der Waals surface area contributed by atoms with E-state index >= 15 is 0 Å². The zero-order valence-corrected chi connectivity index (χ0v) is 15.4. The van der Waals surface area contributed by atoms with Crippen LogP contribution in [0.4, 0.5) is 18.0 Å². The molecule has 2 aromatic rings. The lowest BCUT2D eigenvalue weighted by Gasteiger charge is -2.38. The molecule has 1 heterocycles. The summed E-state index contributed by atoms with van der Waals surface area (Å²) in [6.45, 7) is 4.19. The second-order valence-corrected chi connectivity index (χ2v) is 7.34. The summed E-state index contributed by atoms with van der Waals surface area (Å²) >= 11 is 0. The van der Waals surface area contributed by atoms with Gasteiger partial charge in [-0.05, 0) is 29.3 Å². The Morgan fingerprint density at radius 1 is 1.14 bits per heavy atom. The first-order chi connectivity index (χ1) is 13.1. The molecule has 3 rings (SSSR count). The number of nitrogens with two attached hydrogens (primary N) is 1. The van der Waals surface area contributed by atoms with E-state index < -0.39 is 29.4 Å². The van der Waals surface area contributed by atoms with Crippen molar-refractivity contribution in [3.63, 3.8) is 0 Å². The fourth-order valence-electron chi connectivity index (χ4n) is 3.07. The van der Waals surface area contributed by atoms with Crippen molar-refractivity contribution in [3.8, 4) is 5.75 Å². The molecule has 0 radical (unpaired) electrons. The number of rotatable bonds is 3. The molecule has 0 aliphatic carbocycles. The second-order valence-electron chi connectivity index (χ2n) is 7.34. The summed E-state index contributed by atoms with van der Waals surface area (Å²) in [7, 11) is 0. The van der Waals surface area contributed by atoms with Gasteiger partial charge >= 0.3 is 12.3 Å². The molecule has 0 saturated heterocycles. The molecule has 4 nitrogen and oxygen atoms in total. The van der Waals surface area contributed by atoms with Crippen LogP contribution in [-0.4, -0.2) is 12.7 Å². The number of hydrogen-bond acceptors (Lipinski definition) is 3. The van der Waals surface area contributed by atoms with Gasteiger partial charge in [-0.25, -0.2) is 4.79 Å². The van der Waals surface area contributed by atoms with E-state index in [1.165, 1.54) is 12.1 Å². The molecule has 0 bridgehead atoms. The summed E-state index contributed by atoms with van der Waals surface area (Å²) in [5.41, 5.74) is 6.25. The van der Waals surface area contributed by atoms with Gasteiger partial charge in [0.1, 0.15) is 11.9 Å². The average Bonchev–Trinajstić information content (AvgIpc) is 2.62. The first-order valence-electron chi connectivity index (χ1n) is 8.64. The monoisotopic (exact) mass is 391 g/mol. The maximum absolute atomic E-state index is 12.6. The standard InChI is InChI=1S/C21H20F3NO3/c1-20(2)12-27-17-11-14(7-10-16(17)18(20)28-19(25)26)4-3-13-5-8-15(9-6-13)21(22,23)24/h3-11,18H,12H2,1-2H3,(H2,25,26)/b4-3+. The minimum Gasteiger partial charge on any atom is -0.492 e. The van der Waals surface area contributed by atoms with E-state index in [-0.39, 0.29) is 0 Å². The van der Waals surface area contributed by atoms with Gasteiger partial charge < -0.3 is 15.2 Å². The summed E-state index contributed by atoms with van der Waals surface area (Å²) in [4.78, 5) is 11.3. The van der Waals surface area contributed by atoms with Crippen molar-refractivity contribution in [1.29, 1.82) is 0 Å². The highest BCUT2D eigenvalue weighted by molar-refractivity contribution is 5.71. The Bertz CT molecular complexity index is 902. The summed E-state index contributed by atoms with van der Waals surface area (Å²) in [5.74, 6) is 0.583. The van der Waals surface area contributed by atoms with Gasteiger partial charge in [-0.15, -0.1) is 0 Å². The molecule has 0 saturated carbocycles. The van der Waals surface area contributed by atoms with Gasteiger partial charge in [0, 0.05) is 11.0 Å². The molecule has 28 heavy (non-hydrogen) atoms. The molecule has 2 aromatic carbocycles. The number of carbonyl (C=O) groups excluding carboxylic acids is 1. The maximum atomic E-state index is 12.6. The summed E-state index contributed by atoms with van der Waals surface area (Å²) in [6, 6.07) is 10.3. The Hall–Kier alpha value is -2.96. The van der Waals surface area contributed by atoms with Gasteiger partial charge in [0.2, 0.25) is 0 Å². The molecule has 1 aliphatic rings. The molecule has 0 spiro atoms. The molecule has 0 aromatic heterocycles. The average molecular weight is 391 g/mol. The molecule has 7 heteroatoms. The minimum atomic E-state index is -4.35. The molecule has 1 amide bonds. The number of hydrogen-bond donors (Lipinski definition) is 1. The van der Waals surface area contributed by atoms with E-state index in [1.807, 2.05) is 19.9 Å². The Labute approximate surface area is 160 Å². The van der Waals surface area contributed by atoms with Crippen molar-refractivity contribution < 1.29 is 27.4 Å². The van der Waals surface area contributed by atoms with Crippen LogP contribution >= 0.6 is 0 Å². The van der Waals surface area contributed by atoms with E-state index in [1.54, 1.807) is 24.3 Å². The SMILES string of the molecule is CC1(C)COc2cc(/C=C/c3ccc(C(F)(F)F)cc3)ccc2C1OC(N)=O. The van der Waals surface area contributed by atoms with Crippen molar-refractivity contribution in [2.45, 2.75) is 26.1 Å². The van der Waals surface area contributed by atoms with Crippen LogP contribution in [0.1, 0.15) is 42.2 Å². The predicted octanol–water partition coefficient (Wildman–Crippen LogP) is 5.43. The third-order valence-corrected chi connectivity index (χ3v) is 4.57. The van der Waals surface area contributed by atoms with Gasteiger partial charge in [0.05, 0.1) is 12.2 Å². The number of ether oxygens (including phenoxy) is 2. The zero-order valence-electron chi connectivity index (χ0n) is 15.4. The fraction of sp³-hybridized carbons (Fsp3) is 0.286. The van der Waals surface area contributed by atoms with Gasteiger partial charge in [-0.2, -0.15) is 13.2 Å².